The minimum Gasteiger partial charge on any atom is -0.390 e. The molecular formula is C13H17N5O2S. The first kappa shape index (κ1) is 14.2. The van der Waals surface area contributed by atoms with Crippen LogP contribution in [-0.2, 0) is 0 Å². The highest BCUT2D eigenvalue weighted by atomic mass is 32.1. The first-order valence-electron chi connectivity index (χ1n) is 6.89. The number of carbonyl (C=O) groups is 1. The third-order valence-electron chi connectivity index (χ3n) is 3.79. The van der Waals surface area contributed by atoms with E-state index in [0.29, 0.717) is 30.1 Å². The third-order valence-corrected chi connectivity index (χ3v) is 4.68. The average molecular weight is 307 g/mol. The Morgan fingerprint density at radius 2 is 2.29 bits per heavy atom. The van der Waals surface area contributed by atoms with E-state index < -0.39 is 5.60 Å². The molecule has 2 aromatic heterocycles. The van der Waals surface area contributed by atoms with Crippen molar-refractivity contribution in [2.24, 2.45) is 0 Å². The molecule has 0 saturated carbocycles. The van der Waals surface area contributed by atoms with Crippen LogP contribution in [-0.4, -0.2) is 54.8 Å². The zero-order chi connectivity index (χ0) is 14.9. The van der Waals surface area contributed by atoms with E-state index in [4.69, 9.17) is 0 Å². The summed E-state index contributed by atoms with van der Waals surface area (Å²) in [6, 6.07) is 1.84. The van der Waals surface area contributed by atoms with Gasteiger partial charge in [-0.1, -0.05) is 0 Å². The lowest BCUT2D eigenvalue weighted by molar-refractivity contribution is 0.0438. The van der Waals surface area contributed by atoms with Gasteiger partial charge in [0.05, 0.1) is 11.3 Å². The summed E-state index contributed by atoms with van der Waals surface area (Å²) in [5.74, 6) is -0.0202. The second kappa shape index (κ2) is 5.53. The summed E-state index contributed by atoms with van der Waals surface area (Å²) in [6.07, 6.45) is 3.61. The third kappa shape index (κ3) is 2.96. The fourth-order valence-electron chi connectivity index (χ4n) is 2.52. The van der Waals surface area contributed by atoms with E-state index in [1.807, 2.05) is 18.4 Å². The van der Waals surface area contributed by atoms with E-state index in [0.717, 1.165) is 12.8 Å². The molecule has 2 aromatic rings. The number of aliphatic hydroxyl groups is 1. The molecule has 1 amide bonds. The Morgan fingerprint density at radius 3 is 3.05 bits per heavy atom. The molecule has 0 spiro atoms. The molecule has 1 fully saturated rings. The van der Waals surface area contributed by atoms with Gasteiger partial charge in [0.2, 0.25) is 0 Å². The summed E-state index contributed by atoms with van der Waals surface area (Å²) in [5, 5.41) is 23.0. The maximum Gasteiger partial charge on any atom is 0.266 e. The Kier molecular flexibility index (Phi) is 3.73. The number of thiophene rings is 1. The molecule has 1 N–H and O–H groups in total. The van der Waals surface area contributed by atoms with E-state index >= 15 is 0 Å². The van der Waals surface area contributed by atoms with Gasteiger partial charge in [-0.15, -0.1) is 16.4 Å². The molecule has 1 unspecified atom stereocenters. The van der Waals surface area contributed by atoms with Gasteiger partial charge in [-0.25, -0.2) is 0 Å². The van der Waals surface area contributed by atoms with E-state index in [9.17, 15) is 9.90 Å². The van der Waals surface area contributed by atoms with Crippen molar-refractivity contribution in [1.29, 1.82) is 0 Å². The largest absolute Gasteiger partial charge is 0.390 e. The molecule has 0 aliphatic carbocycles. The molecule has 21 heavy (non-hydrogen) atoms. The molecule has 8 heteroatoms. The molecule has 0 aromatic carbocycles. The van der Waals surface area contributed by atoms with E-state index in [2.05, 4.69) is 15.5 Å². The van der Waals surface area contributed by atoms with E-state index in [1.165, 1.54) is 22.3 Å². The van der Waals surface area contributed by atoms with Crippen molar-refractivity contribution in [2.45, 2.75) is 31.8 Å². The van der Waals surface area contributed by atoms with Crippen LogP contribution in [0.4, 0.5) is 0 Å². The molecule has 1 aliphatic rings. The molecule has 7 nitrogen and oxygen atoms in total. The van der Waals surface area contributed by atoms with Crippen molar-refractivity contribution in [1.82, 2.24) is 25.1 Å². The van der Waals surface area contributed by atoms with Crippen LogP contribution in [0.25, 0.3) is 5.69 Å². The van der Waals surface area contributed by atoms with Crippen molar-refractivity contribution >= 4 is 17.2 Å². The summed E-state index contributed by atoms with van der Waals surface area (Å²) >= 11 is 1.39. The minimum absolute atomic E-state index is 0.0202. The lowest BCUT2D eigenvalue weighted by atomic mass is 9.98. The number of carbonyl (C=O) groups excluding carboxylic acids is 1. The Morgan fingerprint density at radius 1 is 1.43 bits per heavy atom. The number of rotatable bonds is 2. The van der Waals surface area contributed by atoms with Gasteiger partial charge in [0.25, 0.3) is 5.91 Å². The summed E-state index contributed by atoms with van der Waals surface area (Å²) < 4.78 is 1.50. The predicted octanol–water partition coefficient (Wildman–Crippen LogP) is 1.10. The van der Waals surface area contributed by atoms with Gasteiger partial charge >= 0.3 is 0 Å². The van der Waals surface area contributed by atoms with Crippen molar-refractivity contribution in [3.05, 3.63) is 22.7 Å². The quantitative estimate of drug-likeness (QED) is 0.898. The summed E-state index contributed by atoms with van der Waals surface area (Å²) in [5.41, 5.74) is 0.0226. The minimum atomic E-state index is -0.677. The topological polar surface area (TPSA) is 84.1 Å². The van der Waals surface area contributed by atoms with E-state index in [-0.39, 0.29) is 5.91 Å². The average Bonchev–Trinajstić information content (AvgIpc) is 3.08. The highest BCUT2D eigenvalue weighted by Gasteiger charge is 2.29. The molecule has 0 bridgehead atoms. The number of aromatic nitrogens is 4. The predicted molar refractivity (Wildman–Crippen MR) is 77.4 cm³/mol. The maximum absolute atomic E-state index is 12.7. The number of likely N-dealkylation sites (tertiary alicyclic amines) is 1. The van der Waals surface area contributed by atoms with Crippen LogP contribution in [0.2, 0.25) is 0 Å². The SMILES string of the molecule is CC1(O)CCCN(C(=O)c2sccc2-n2cnnn2)CC1. The second-order valence-corrected chi connectivity index (χ2v) is 6.45. The van der Waals surface area contributed by atoms with Crippen LogP contribution in [0.5, 0.6) is 0 Å². The van der Waals surface area contributed by atoms with E-state index in [1.54, 1.807) is 4.90 Å². The van der Waals surface area contributed by atoms with Crippen LogP contribution in [0, 0.1) is 0 Å². The van der Waals surface area contributed by atoms with Gasteiger partial charge in [0.15, 0.2) is 0 Å². The highest BCUT2D eigenvalue weighted by Crippen LogP contribution is 2.26. The van der Waals surface area contributed by atoms with Gasteiger partial charge in [-0.3, -0.25) is 4.79 Å². The van der Waals surface area contributed by atoms with Crippen LogP contribution in [0.15, 0.2) is 17.8 Å². The van der Waals surface area contributed by atoms with Gasteiger partial charge in [-0.2, -0.15) is 4.68 Å². The van der Waals surface area contributed by atoms with Crippen LogP contribution in [0.3, 0.4) is 0 Å². The zero-order valence-electron chi connectivity index (χ0n) is 11.8. The molecule has 112 valence electrons. The van der Waals surface area contributed by atoms with Crippen LogP contribution in [0.1, 0.15) is 35.9 Å². The monoisotopic (exact) mass is 307 g/mol. The van der Waals surface area contributed by atoms with Gasteiger partial charge in [0.1, 0.15) is 11.2 Å². The van der Waals surface area contributed by atoms with Crippen molar-refractivity contribution < 1.29 is 9.90 Å². The molecule has 1 aliphatic heterocycles. The van der Waals surface area contributed by atoms with Crippen molar-refractivity contribution in [3.63, 3.8) is 0 Å². The van der Waals surface area contributed by atoms with Gasteiger partial charge in [-0.05, 0) is 48.1 Å². The Hall–Kier alpha value is -1.80. The number of tetrazole rings is 1. The standard InChI is InChI=1S/C13H17N5O2S/c1-13(20)4-2-6-17(7-5-13)12(19)11-10(3-8-21-11)18-9-14-15-16-18/h3,8-9,20H,2,4-7H2,1H3. The Balaban J connectivity index is 1.81. The molecule has 1 saturated heterocycles. The Labute approximate surface area is 126 Å². The molecule has 1 atom stereocenters. The summed E-state index contributed by atoms with van der Waals surface area (Å²) in [4.78, 5) is 15.1. The zero-order valence-corrected chi connectivity index (χ0v) is 12.6. The second-order valence-electron chi connectivity index (χ2n) is 5.53. The maximum atomic E-state index is 12.7. The number of amides is 1. The fourth-order valence-corrected chi connectivity index (χ4v) is 3.37. The molecular weight excluding hydrogens is 290 g/mol. The molecule has 0 radical (unpaired) electrons. The normalized spacial score (nSPS) is 23.0. The first-order chi connectivity index (χ1) is 10.1. The number of hydrogen-bond acceptors (Lipinski definition) is 6. The van der Waals surface area contributed by atoms with Crippen molar-refractivity contribution in [2.75, 3.05) is 13.1 Å². The number of hydrogen-bond donors (Lipinski definition) is 1. The van der Waals surface area contributed by atoms with Gasteiger partial charge in [0, 0.05) is 13.1 Å². The number of nitrogens with zero attached hydrogens (tertiary/aromatic N) is 5. The Bertz CT molecular complexity index is 622. The summed E-state index contributed by atoms with van der Waals surface area (Å²) in [6.45, 7) is 3.07. The lowest BCUT2D eigenvalue weighted by Crippen LogP contribution is -2.33. The smallest absolute Gasteiger partial charge is 0.266 e. The lowest BCUT2D eigenvalue weighted by Gasteiger charge is -2.22. The van der Waals surface area contributed by atoms with Gasteiger partial charge < -0.3 is 10.0 Å². The molecule has 3 heterocycles. The fraction of sp³-hybridized carbons (Fsp3) is 0.538. The van der Waals surface area contributed by atoms with Crippen molar-refractivity contribution in [3.8, 4) is 5.69 Å². The van der Waals surface area contributed by atoms with Crippen LogP contribution < -0.4 is 0 Å². The first-order valence-corrected chi connectivity index (χ1v) is 7.77. The highest BCUT2D eigenvalue weighted by molar-refractivity contribution is 7.12. The molecule has 3 rings (SSSR count). The van der Waals surface area contributed by atoms with Crippen LogP contribution >= 0.6 is 11.3 Å². The summed E-state index contributed by atoms with van der Waals surface area (Å²) in [7, 11) is 0.